The van der Waals surface area contributed by atoms with Crippen LogP contribution in [0.3, 0.4) is 0 Å². The van der Waals surface area contributed by atoms with Crippen molar-refractivity contribution < 1.29 is 4.79 Å². The molecule has 0 saturated heterocycles. The monoisotopic (exact) mass is 240 g/mol. The molecule has 0 aliphatic carbocycles. The van der Waals surface area contributed by atoms with Gasteiger partial charge in [-0.25, -0.2) is 0 Å². The van der Waals surface area contributed by atoms with Crippen LogP contribution >= 0.6 is 11.3 Å². The number of carbonyl (C=O) groups is 1. The highest BCUT2D eigenvalue weighted by molar-refractivity contribution is 7.14. The van der Waals surface area contributed by atoms with Gasteiger partial charge in [-0.15, -0.1) is 11.3 Å². The molecule has 0 aliphatic heterocycles. The summed E-state index contributed by atoms with van der Waals surface area (Å²) in [6.07, 6.45) is 1.00. The van der Waals surface area contributed by atoms with Crippen LogP contribution in [0.2, 0.25) is 0 Å². The van der Waals surface area contributed by atoms with Gasteiger partial charge in [-0.05, 0) is 32.0 Å². The molecular weight excluding hydrogens is 220 g/mol. The van der Waals surface area contributed by atoms with E-state index in [1.165, 1.54) is 10.4 Å². The molecule has 1 heterocycles. The third-order valence-corrected chi connectivity index (χ3v) is 3.97. The van der Waals surface area contributed by atoms with E-state index in [0.717, 1.165) is 24.4 Å². The molecule has 0 unspecified atom stereocenters. The summed E-state index contributed by atoms with van der Waals surface area (Å²) in [5, 5.41) is 3.04. The highest BCUT2D eigenvalue weighted by Crippen LogP contribution is 2.23. The second-order valence-electron chi connectivity index (χ2n) is 3.90. The quantitative estimate of drug-likeness (QED) is 0.852. The van der Waals surface area contributed by atoms with E-state index in [-0.39, 0.29) is 5.91 Å². The Morgan fingerprint density at radius 2 is 2.25 bits per heavy atom. The molecule has 0 radical (unpaired) electrons. The van der Waals surface area contributed by atoms with Crippen molar-refractivity contribution in [3.05, 3.63) is 21.4 Å². The lowest BCUT2D eigenvalue weighted by Gasteiger charge is -2.15. The number of carbonyl (C=O) groups excluding carboxylic acids is 1. The number of rotatable bonds is 5. The van der Waals surface area contributed by atoms with Gasteiger partial charge in [0.25, 0.3) is 5.91 Å². The van der Waals surface area contributed by atoms with Gasteiger partial charge in [0.15, 0.2) is 0 Å². The zero-order valence-corrected chi connectivity index (χ0v) is 11.3. The Morgan fingerprint density at radius 1 is 1.56 bits per heavy atom. The summed E-state index contributed by atoms with van der Waals surface area (Å²) in [6.45, 7) is 5.76. The molecule has 16 heavy (non-hydrogen) atoms. The third kappa shape index (κ3) is 3.06. The molecule has 0 bridgehead atoms. The Labute approximate surface area is 101 Å². The summed E-state index contributed by atoms with van der Waals surface area (Å²) in [5.74, 6) is 0.128. The van der Waals surface area contributed by atoms with Crippen molar-refractivity contribution >= 4 is 17.2 Å². The second-order valence-corrected chi connectivity index (χ2v) is 5.04. The second kappa shape index (κ2) is 6.01. The third-order valence-electron chi connectivity index (χ3n) is 2.60. The normalized spacial score (nSPS) is 10.5. The maximum atomic E-state index is 12.0. The van der Waals surface area contributed by atoms with Gasteiger partial charge in [0.2, 0.25) is 0 Å². The smallest absolute Gasteiger partial charge is 0.263 e. The molecule has 0 aromatic carbocycles. The van der Waals surface area contributed by atoms with Crippen molar-refractivity contribution in [2.24, 2.45) is 0 Å². The first kappa shape index (κ1) is 13.2. The van der Waals surface area contributed by atoms with E-state index >= 15 is 0 Å². The Morgan fingerprint density at radius 3 is 2.75 bits per heavy atom. The first-order valence-electron chi connectivity index (χ1n) is 5.59. The Hall–Kier alpha value is -0.870. The molecule has 0 atom stereocenters. The van der Waals surface area contributed by atoms with Gasteiger partial charge in [0.1, 0.15) is 0 Å². The zero-order valence-electron chi connectivity index (χ0n) is 10.5. The SMILES string of the molecule is CCc1sc(C(=O)N(C)CCNC)cc1C. The minimum atomic E-state index is 0.128. The fourth-order valence-electron chi connectivity index (χ4n) is 1.55. The molecule has 1 rings (SSSR count). The lowest BCUT2D eigenvalue weighted by molar-refractivity contribution is 0.0801. The van der Waals surface area contributed by atoms with E-state index in [9.17, 15) is 4.79 Å². The summed E-state index contributed by atoms with van der Waals surface area (Å²) >= 11 is 1.62. The van der Waals surface area contributed by atoms with Crippen molar-refractivity contribution in [3.8, 4) is 0 Å². The van der Waals surface area contributed by atoms with Crippen LogP contribution in [0.25, 0.3) is 0 Å². The number of likely N-dealkylation sites (N-methyl/N-ethyl adjacent to an activating group) is 2. The molecule has 0 saturated carbocycles. The highest BCUT2D eigenvalue weighted by atomic mass is 32.1. The van der Waals surface area contributed by atoms with Crippen LogP contribution in [0.5, 0.6) is 0 Å². The Kier molecular flexibility index (Phi) is 4.96. The van der Waals surface area contributed by atoms with E-state index in [1.54, 1.807) is 16.2 Å². The van der Waals surface area contributed by atoms with E-state index < -0.39 is 0 Å². The molecule has 0 spiro atoms. The number of hydrogen-bond donors (Lipinski definition) is 1. The highest BCUT2D eigenvalue weighted by Gasteiger charge is 2.15. The van der Waals surface area contributed by atoms with Crippen molar-refractivity contribution in [2.75, 3.05) is 27.2 Å². The van der Waals surface area contributed by atoms with E-state index in [0.29, 0.717) is 0 Å². The molecule has 90 valence electrons. The van der Waals surface area contributed by atoms with Gasteiger partial charge >= 0.3 is 0 Å². The van der Waals surface area contributed by atoms with Crippen LogP contribution in [-0.2, 0) is 6.42 Å². The fraction of sp³-hybridized carbons (Fsp3) is 0.583. The lowest BCUT2D eigenvalue weighted by atomic mass is 10.2. The van der Waals surface area contributed by atoms with Gasteiger partial charge in [0, 0.05) is 25.0 Å². The summed E-state index contributed by atoms with van der Waals surface area (Å²) in [5.41, 5.74) is 1.23. The topological polar surface area (TPSA) is 32.3 Å². The molecule has 1 aromatic rings. The minimum Gasteiger partial charge on any atom is -0.340 e. The fourth-order valence-corrected chi connectivity index (χ4v) is 2.65. The number of nitrogens with zero attached hydrogens (tertiary/aromatic N) is 1. The molecule has 1 aromatic heterocycles. The maximum absolute atomic E-state index is 12.0. The van der Waals surface area contributed by atoms with Gasteiger partial charge in [-0.2, -0.15) is 0 Å². The average molecular weight is 240 g/mol. The maximum Gasteiger partial charge on any atom is 0.263 e. The Bertz CT molecular complexity index is 360. The number of thiophene rings is 1. The molecule has 4 heteroatoms. The van der Waals surface area contributed by atoms with Crippen molar-refractivity contribution in [3.63, 3.8) is 0 Å². The molecule has 1 N–H and O–H groups in total. The molecule has 1 amide bonds. The largest absolute Gasteiger partial charge is 0.340 e. The summed E-state index contributed by atoms with van der Waals surface area (Å²) < 4.78 is 0. The van der Waals surface area contributed by atoms with Crippen LogP contribution in [0.1, 0.15) is 27.0 Å². The van der Waals surface area contributed by atoms with E-state index in [1.807, 2.05) is 20.2 Å². The number of hydrogen-bond acceptors (Lipinski definition) is 3. The van der Waals surface area contributed by atoms with Crippen molar-refractivity contribution in [1.82, 2.24) is 10.2 Å². The predicted octanol–water partition coefficient (Wildman–Crippen LogP) is 1.91. The molecule has 0 aliphatic rings. The summed E-state index contributed by atoms with van der Waals surface area (Å²) in [7, 11) is 3.74. The minimum absolute atomic E-state index is 0.128. The average Bonchev–Trinajstić information content (AvgIpc) is 2.66. The number of nitrogens with one attached hydrogen (secondary N) is 1. The van der Waals surface area contributed by atoms with Crippen molar-refractivity contribution in [2.45, 2.75) is 20.3 Å². The molecule has 0 fully saturated rings. The number of aryl methyl sites for hydroxylation is 2. The van der Waals surface area contributed by atoms with Crippen molar-refractivity contribution in [1.29, 1.82) is 0 Å². The summed E-state index contributed by atoms with van der Waals surface area (Å²) in [4.78, 5) is 16.0. The van der Waals surface area contributed by atoms with Crippen LogP contribution in [0.15, 0.2) is 6.07 Å². The zero-order chi connectivity index (χ0) is 12.1. The van der Waals surface area contributed by atoms with Gasteiger partial charge in [-0.3, -0.25) is 4.79 Å². The first-order chi connectivity index (χ1) is 7.60. The molecular formula is C12H20N2OS. The van der Waals surface area contributed by atoms with Crippen LogP contribution in [0, 0.1) is 6.92 Å². The van der Waals surface area contributed by atoms with Gasteiger partial charge < -0.3 is 10.2 Å². The summed E-state index contributed by atoms with van der Waals surface area (Å²) in [6, 6.07) is 2.00. The van der Waals surface area contributed by atoms with Crippen LogP contribution in [-0.4, -0.2) is 38.0 Å². The van der Waals surface area contributed by atoms with Crippen LogP contribution < -0.4 is 5.32 Å². The van der Waals surface area contributed by atoms with Gasteiger partial charge in [-0.1, -0.05) is 6.92 Å². The van der Waals surface area contributed by atoms with E-state index in [4.69, 9.17) is 0 Å². The van der Waals surface area contributed by atoms with Gasteiger partial charge in [0.05, 0.1) is 4.88 Å². The van der Waals surface area contributed by atoms with Crippen LogP contribution in [0.4, 0.5) is 0 Å². The standard InChI is InChI=1S/C12H20N2OS/c1-5-10-9(2)8-11(16-10)12(15)14(4)7-6-13-3/h8,13H,5-7H2,1-4H3. The molecule has 3 nitrogen and oxygen atoms in total. The predicted molar refractivity (Wildman–Crippen MR) is 69.3 cm³/mol. The first-order valence-corrected chi connectivity index (χ1v) is 6.41. The lowest BCUT2D eigenvalue weighted by Crippen LogP contribution is -2.32. The number of amides is 1. The van der Waals surface area contributed by atoms with E-state index in [2.05, 4.69) is 19.2 Å². The Balaban J connectivity index is 2.72.